The number of pyridine rings is 1. The molecule has 5 aromatic carbocycles. The third-order valence-corrected chi connectivity index (χ3v) is 18.0. The number of aryl methyl sites for hydroxylation is 2. The first-order chi connectivity index (χ1) is 38.2. The Hall–Kier alpha value is -7.54. The van der Waals surface area contributed by atoms with E-state index in [1.807, 2.05) is 6.07 Å². The van der Waals surface area contributed by atoms with Gasteiger partial charge in [0.05, 0.1) is 50.3 Å². The molecule has 3 heterocycles. The van der Waals surface area contributed by atoms with Gasteiger partial charge < -0.3 is 15.2 Å². The van der Waals surface area contributed by atoms with Gasteiger partial charge in [-0.15, -0.1) is 37.3 Å². The number of imidazole rings is 1. The molecule has 0 aliphatic rings. The van der Waals surface area contributed by atoms with E-state index in [2.05, 4.69) is 46.0 Å². The van der Waals surface area contributed by atoms with Gasteiger partial charge in [0.1, 0.15) is 43.9 Å². The number of rotatable bonds is 20. The van der Waals surface area contributed by atoms with E-state index >= 15 is 0 Å². The van der Waals surface area contributed by atoms with E-state index < -0.39 is 88.6 Å². The number of hydrogen-bond donors (Lipinski definition) is 7. The zero-order valence-corrected chi connectivity index (χ0v) is 48.1. The number of aromatic hydroxyl groups is 1. The van der Waals surface area contributed by atoms with Gasteiger partial charge in [-0.3, -0.25) is 32.0 Å². The molecule has 7 N–H and O–H groups in total. The largest absolute Gasteiger partial charge is 0.493 e. The Labute approximate surface area is 473 Å². The number of benzene rings is 5. The molecule has 1 amide bonds. The number of hydrogen-bond acceptors (Lipinski definition) is 24. The molecule has 29 nitrogen and oxygen atoms in total. The molecular formula is C46H41N11O18S7. The average Bonchev–Trinajstić information content (AvgIpc) is 4.18. The van der Waals surface area contributed by atoms with Crippen LogP contribution < -0.4 is 10.1 Å². The number of fused-ring (bicyclic) bond motifs is 6. The molecule has 36 heteroatoms. The summed E-state index contributed by atoms with van der Waals surface area (Å²) in [6.07, 6.45) is -0.244. The van der Waals surface area contributed by atoms with Crippen molar-refractivity contribution in [1.82, 2.24) is 14.4 Å². The zero-order chi connectivity index (χ0) is 60.0. The Morgan fingerprint density at radius 1 is 0.720 bits per heavy atom. The summed E-state index contributed by atoms with van der Waals surface area (Å²) in [5.74, 6) is -2.60. The highest BCUT2D eigenvalue weighted by atomic mass is 32.2. The lowest BCUT2D eigenvalue weighted by molar-refractivity contribution is -0.114. The summed E-state index contributed by atoms with van der Waals surface area (Å²) < 4.78 is 176. The first-order valence-electron chi connectivity index (χ1n) is 23.1. The molecular weight excluding hydrogens is 1220 g/mol. The maximum Gasteiger partial charge on any atom is 0.296 e. The van der Waals surface area contributed by atoms with E-state index in [0.29, 0.717) is 16.0 Å². The number of anilines is 1. The molecule has 0 saturated carbocycles. The standard InChI is InChI=1S/C46H41N11O18S7/c1-22-13-33(53-55-40-24(3)30(21-47)44-49-41-35(57(44)45(40)59)16-27(48-25(4)58)17-39(41)82(72,73)74)36(75-9-5-11-78(60,61)62)19-31(22)51-54-34-14-23(2)32(20-37(34)76-10-6-12-79(63,64)65)52-56-46-50-42-38(81(69,70)71)15-26-7-8-28(80(66,67)68)18-29(26)43(42)77-46/h7-8,13-20,59H,5-6,9-12H2,1-4H3,(H,48,58)(H,60,61,62)(H,63,64,65)(H,66,67,68)(H,69,70,71)(H,72,73,74). The monoisotopic (exact) mass is 1260 g/mol. The number of carbonyl (C=O) groups excluding carboxylic acids is 1. The molecule has 0 radical (unpaired) electrons. The van der Waals surface area contributed by atoms with Crippen molar-refractivity contribution >= 4 is 157 Å². The van der Waals surface area contributed by atoms with Crippen LogP contribution in [0.5, 0.6) is 11.6 Å². The Balaban J connectivity index is 1.19. The number of ether oxygens (including phenoxy) is 1. The quantitative estimate of drug-likeness (QED) is 0.0161. The highest BCUT2D eigenvalue weighted by molar-refractivity contribution is 7.99. The van der Waals surface area contributed by atoms with Gasteiger partial charge in [0.25, 0.3) is 50.6 Å². The number of thiazole rings is 1. The van der Waals surface area contributed by atoms with Crippen LogP contribution in [0.25, 0.3) is 37.7 Å². The second kappa shape index (κ2) is 23.0. The lowest BCUT2D eigenvalue weighted by Crippen LogP contribution is -2.08. The fourth-order valence-electron chi connectivity index (χ4n) is 8.02. The van der Waals surface area contributed by atoms with E-state index in [-0.39, 0.29) is 119 Å². The highest BCUT2D eigenvalue weighted by Gasteiger charge is 2.27. The van der Waals surface area contributed by atoms with Gasteiger partial charge in [-0.05, 0) is 104 Å². The second-order valence-corrected chi connectivity index (χ2v) is 27.2. The molecule has 0 bridgehead atoms. The summed E-state index contributed by atoms with van der Waals surface area (Å²) in [4.78, 5) is 19.0. The maximum atomic E-state index is 12.5. The average molecular weight is 1260 g/mol. The Bertz CT molecular complexity index is 4750. The van der Waals surface area contributed by atoms with Crippen LogP contribution in [-0.4, -0.2) is 114 Å². The highest BCUT2D eigenvalue weighted by Crippen LogP contribution is 2.45. The lowest BCUT2D eigenvalue weighted by atomic mass is 10.1. The third kappa shape index (κ3) is 13.7. The van der Waals surface area contributed by atoms with Crippen LogP contribution in [0.1, 0.15) is 42.0 Å². The zero-order valence-electron chi connectivity index (χ0n) is 42.4. The van der Waals surface area contributed by atoms with E-state index in [1.54, 1.807) is 19.9 Å². The van der Waals surface area contributed by atoms with Gasteiger partial charge >= 0.3 is 0 Å². The minimum absolute atomic E-state index is 0.00755. The molecule has 3 aromatic heterocycles. The fraction of sp³-hybridized carbons (Fsp3) is 0.217. The molecule has 8 rings (SSSR count). The number of nitrogens with zero attached hydrogens (tertiary/aromatic N) is 10. The smallest absolute Gasteiger partial charge is 0.296 e. The van der Waals surface area contributed by atoms with E-state index in [9.17, 15) is 80.0 Å². The Kier molecular flexibility index (Phi) is 17.0. The Morgan fingerprint density at radius 2 is 1.33 bits per heavy atom. The molecule has 0 saturated heterocycles. The summed E-state index contributed by atoms with van der Waals surface area (Å²) in [6, 6.07) is 14.4. The number of aromatic nitrogens is 3. The van der Waals surface area contributed by atoms with Crippen LogP contribution in [0.4, 0.5) is 39.3 Å². The first-order valence-corrected chi connectivity index (χ1v) is 32.4. The number of azo groups is 3. The van der Waals surface area contributed by atoms with Crippen molar-refractivity contribution < 1.29 is 79.5 Å². The predicted octanol–water partition coefficient (Wildman–Crippen LogP) is 9.72. The second-order valence-electron chi connectivity index (χ2n) is 17.7. The summed E-state index contributed by atoms with van der Waals surface area (Å²) in [5, 5.41) is 50.6. The van der Waals surface area contributed by atoms with Crippen LogP contribution in [-0.2, 0) is 55.4 Å². The molecule has 0 atom stereocenters. The maximum absolute atomic E-state index is 12.5. The van der Waals surface area contributed by atoms with Crippen molar-refractivity contribution in [3.63, 3.8) is 0 Å². The van der Waals surface area contributed by atoms with Crippen LogP contribution in [0, 0.1) is 32.1 Å². The van der Waals surface area contributed by atoms with Gasteiger partial charge in [-0.2, -0.15) is 52.5 Å². The van der Waals surface area contributed by atoms with Gasteiger partial charge in [-0.1, -0.05) is 17.4 Å². The molecule has 0 spiro atoms. The van der Waals surface area contributed by atoms with Crippen LogP contribution in [0.15, 0.2) is 111 Å². The molecule has 0 unspecified atom stereocenters. The van der Waals surface area contributed by atoms with Crippen molar-refractivity contribution in [3.05, 3.63) is 82.9 Å². The predicted molar refractivity (Wildman–Crippen MR) is 298 cm³/mol. The molecule has 8 aromatic rings. The molecule has 0 aliphatic heterocycles. The molecule has 430 valence electrons. The van der Waals surface area contributed by atoms with E-state index in [4.69, 9.17) is 4.74 Å². The van der Waals surface area contributed by atoms with Crippen molar-refractivity contribution in [2.45, 2.75) is 60.1 Å². The van der Waals surface area contributed by atoms with Gasteiger partial charge in [0.15, 0.2) is 11.3 Å². The fourth-order valence-corrected chi connectivity index (χ4v) is 13.0. The van der Waals surface area contributed by atoms with Crippen molar-refractivity contribution in [3.8, 4) is 17.7 Å². The van der Waals surface area contributed by atoms with Crippen molar-refractivity contribution in [2.24, 2.45) is 30.7 Å². The first kappa shape index (κ1) is 60.6. The van der Waals surface area contributed by atoms with Crippen LogP contribution in [0.3, 0.4) is 0 Å². The number of amides is 1. The minimum atomic E-state index is -5.01. The van der Waals surface area contributed by atoms with Crippen LogP contribution >= 0.6 is 23.1 Å². The molecule has 82 heavy (non-hydrogen) atoms. The molecule has 0 aliphatic carbocycles. The lowest BCUT2D eigenvalue weighted by Gasteiger charge is -2.12. The third-order valence-electron chi connectivity index (χ3n) is 11.7. The topological polar surface area (TPSA) is 459 Å². The number of nitrogens with one attached hydrogen (secondary N) is 1. The normalized spacial score (nSPS) is 13.0. The summed E-state index contributed by atoms with van der Waals surface area (Å²) in [7, 11) is -23.4. The van der Waals surface area contributed by atoms with Gasteiger partial charge in [-0.25, -0.2) is 9.97 Å². The van der Waals surface area contributed by atoms with Gasteiger partial charge in [0.2, 0.25) is 16.9 Å². The van der Waals surface area contributed by atoms with E-state index in [0.717, 1.165) is 58.7 Å². The van der Waals surface area contributed by atoms with Crippen LogP contribution in [0.2, 0.25) is 0 Å². The number of nitriles is 1. The number of carbonyl (C=O) groups is 1. The Morgan fingerprint density at radius 3 is 1.96 bits per heavy atom. The summed E-state index contributed by atoms with van der Waals surface area (Å²) in [6.45, 7) is 5.41. The molecule has 0 fully saturated rings. The van der Waals surface area contributed by atoms with Crippen molar-refractivity contribution in [1.29, 1.82) is 5.26 Å². The minimum Gasteiger partial charge on any atom is -0.493 e. The van der Waals surface area contributed by atoms with Crippen molar-refractivity contribution in [2.75, 3.05) is 29.2 Å². The van der Waals surface area contributed by atoms with Gasteiger partial charge in [0, 0.05) is 34.5 Å². The summed E-state index contributed by atoms with van der Waals surface area (Å²) in [5.41, 5.74) is -0.493. The van der Waals surface area contributed by atoms with E-state index in [1.165, 1.54) is 37.3 Å². The summed E-state index contributed by atoms with van der Waals surface area (Å²) >= 11 is 1.88. The number of thioether (sulfide) groups is 1. The SMILES string of the molecule is CC(=O)Nc1cc(S(=O)(=O)O)c2nc3c(C#N)c(C)c(N=Nc4cc(C)c(N=Nc5cc(C)c(N=Nc6nc7c(S(=O)(=O)O)cc8ccc(S(=O)(=O)O)cc8c7s6)cc5SCCCS(=O)(=O)O)cc4OCCCS(=O)(=O)O)c(O)n3c2c1.